The van der Waals surface area contributed by atoms with Gasteiger partial charge in [-0.1, -0.05) is 30.3 Å². The number of hydrogen-bond donors (Lipinski definition) is 3. The van der Waals surface area contributed by atoms with Crippen LogP contribution in [0.2, 0.25) is 0 Å². The molecular weight excluding hydrogens is 461 g/mol. The molecule has 4 aromatic rings. The topological polar surface area (TPSA) is 68.5 Å². The van der Waals surface area contributed by atoms with E-state index in [2.05, 4.69) is 7.05 Å². The number of piperazine rings is 1. The Balaban J connectivity index is 1.62. The van der Waals surface area contributed by atoms with Crippen molar-refractivity contribution >= 4 is 21.7 Å². The Hall–Kier alpha value is -3.56. The Morgan fingerprint density at radius 3 is 2.43 bits per heavy atom. The number of quaternary nitrogens is 2. The monoisotopic (exact) mass is 486 g/mol. The van der Waals surface area contributed by atoms with Gasteiger partial charge >= 0.3 is 6.18 Å². The number of rotatable bonds is 4. The van der Waals surface area contributed by atoms with Crippen LogP contribution in [0.4, 0.5) is 13.2 Å². The first-order valence-corrected chi connectivity index (χ1v) is 11.4. The van der Waals surface area contributed by atoms with Crippen molar-refractivity contribution in [3.8, 4) is 17.2 Å². The normalized spacial score (nSPS) is 18.7. The molecule has 0 bridgehead atoms. The van der Waals surface area contributed by atoms with Gasteiger partial charge in [0.2, 0.25) is 11.2 Å². The lowest BCUT2D eigenvalue weighted by Gasteiger charge is -2.27. The molecule has 1 saturated heterocycles. The van der Waals surface area contributed by atoms with E-state index in [4.69, 9.17) is 9.15 Å². The molecule has 182 valence electrons. The summed E-state index contributed by atoms with van der Waals surface area (Å²) in [6, 6.07) is 14.7. The Labute approximate surface area is 198 Å². The number of hydrogen-bond acceptors (Lipinski definition) is 4. The molecule has 1 aliphatic rings. The highest BCUT2D eigenvalue weighted by Crippen LogP contribution is 2.40. The maximum Gasteiger partial charge on any atom is 0.453 e. The maximum absolute atomic E-state index is 14.1. The summed E-state index contributed by atoms with van der Waals surface area (Å²) in [6.45, 7) is 3.65. The van der Waals surface area contributed by atoms with E-state index in [0.29, 0.717) is 0 Å². The quantitative estimate of drug-likeness (QED) is 0.415. The number of phenolic OH excluding ortho intramolecular Hbond substituents is 1. The number of halogens is 3. The Bertz CT molecular complexity index is 1460. The van der Waals surface area contributed by atoms with E-state index in [1.165, 1.54) is 23.1 Å². The van der Waals surface area contributed by atoms with E-state index in [0.717, 1.165) is 41.9 Å². The third-order valence-corrected chi connectivity index (χ3v) is 6.53. The fraction of sp³-hybridized carbons (Fsp3) is 0.269. The minimum atomic E-state index is -4.98. The van der Waals surface area contributed by atoms with Gasteiger partial charge in [-0.25, -0.2) is 0 Å². The third-order valence-electron chi connectivity index (χ3n) is 6.53. The van der Waals surface area contributed by atoms with Crippen LogP contribution in [0.3, 0.4) is 0 Å². The van der Waals surface area contributed by atoms with Crippen molar-refractivity contribution in [1.82, 2.24) is 0 Å². The van der Waals surface area contributed by atoms with E-state index < -0.39 is 23.1 Å². The summed E-state index contributed by atoms with van der Waals surface area (Å²) >= 11 is 0. The summed E-state index contributed by atoms with van der Waals surface area (Å²) in [5, 5.41) is 12.1. The fourth-order valence-electron chi connectivity index (χ4n) is 4.54. The van der Waals surface area contributed by atoms with E-state index in [-0.39, 0.29) is 34.6 Å². The number of ether oxygens (including phenoxy) is 1. The molecule has 0 unspecified atom stereocenters. The highest BCUT2D eigenvalue weighted by molar-refractivity contribution is 5.85. The van der Waals surface area contributed by atoms with Gasteiger partial charge in [0.05, 0.1) is 18.0 Å². The molecule has 1 fully saturated rings. The van der Waals surface area contributed by atoms with Crippen LogP contribution in [0.15, 0.2) is 63.8 Å². The fourth-order valence-corrected chi connectivity index (χ4v) is 4.54. The van der Waals surface area contributed by atoms with Crippen LogP contribution in [0.1, 0.15) is 11.3 Å². The second-order valence-electron chi connectivity index (χ2n) is 9.02. The maximum atomic E-state index is 14.1. The van der Waals surface area contributed by atoms with Gasteiger partial charge in [0, 0.05) is 0 Å². The lowest BCUT2D eigenvalue weighted by molar-refractivity contribution is -1.01. The molecule has 0 aliphatic carbocycles. The molecule has 1 aromatic heterocycles. The van der Waals surface area contributed by atoms with Gasteiger partial charge in [0.15, 0.2) is 5.58 Å². The van der Waals surface area contributed by atoms with Gasteiger partial charge in [0.1, 0.15) is 44.2 Å². The molecule has 0 saturated carbocycles. The van der Waals surface area contributed by atoms with Gasteiger partial charge in [-0.3, -0.25) is 4.79 Å². The number of fused-ring (bicyclic) bond motifs is 2. The van der Waals surface area contributed by atoms with Crippen molar-refractivity contribution < 1.29 is 37.2 Å². The van der Waals surface area contributed by atoms with E-state index >= 15 is 0 Å². The number of aromatic hydroxyl groups is 1. The minimum Gasteiger partial charge on any atom is -0.507 e. The summed E-state index contributed by atoms with van der Waals surface area (Å²) < 4.78 is 53.1. The average Bonchev–Trinajstić information content (AvgIpc) is 2.83. The zero-order valence-corrected chi connectivity index (χ0v) is 19.0. The van der Waals surface area contributed by atoms with E-state index in [1.807, 2.05) is 12.1 Å². The number of phenols is 1. The molecule has 35 heavy (non-hydrogen) atoms. The Morgan fingerprint density at radius 2 is 1.71 bits per heavy atom. The SMILES string of the molecule is C[NH+]1CC[NH+](Cc2c(O)ccc3c(=O)c(Oc4ccc5ccccc5c4)c(C(F)(F)F)oc23)CC1. The Morgan fingerprint density at radius 1 is 1.00 bits per heavy atom. The van der Waals surface area contributed by atoms with Gasteiger partial charge in [-0.15, -0.1) is 0 Å². The smallest absolute Gasteiger partial charge is 0.453 e. The number of nitrogens with one attached hydrogen (secondary N) is 2. The second-order valence-corrected chi connectivity index (χ2v) is 9.02. The highest BCUT2D eigenvalue weighted by atomic mass is 19.4. The van der Waals surface area contributed by atoms with Crippen molar-refractivity contribution in [2.75, 3.05) is 33.2 Å². The zero-order chi connectivity index (χ0) is 24.7. The molecule has 1 aliphatic heterocycles. The van der Waals surface area contributed by atoms with Crippen LogP contribution >= 0.6 is 0 Å². The van der Waals surface area contributed by atoms with Crippen LogP contribution in [-0.4, -0.2) is 38.3 Å². The van der Waals surface area contributed by atoms with Crippen LogP contribution in [-0.2, 0) is 12.7 Å². The van der Waals surface area contributed by atoms with Gasteiger partial charge in [-0.05, 0) is 35.0 Å². The summed E-state index contributed by atoms with van der Waals surface area (Å²) in [6.07, 6.45) is -4.98. The summed E-state index contributed by atoms with van der Waals surface area (Å²) in [4.78, 5) is 15.8. The summed E-state index contributed by atoms with van der Waals surface area (Å²) in [5.74, 6) is -2.56. The molecule has 0 amide bonds. The molecule has 3 aromatic carbocycles. The lowest BCUT2D eigenvalue weighted by Crippen LogP contribution is -3.26. The zero-order valence-electron chi connectivity index (χ0n) is 19.0. The predicted octanol–water partition coefficient (Wildman–Crippen LogP) is 2.38. The summed E-state index contributed by atoms with van der Waals surface area (Å²) in [7, 11) is 2.08. The number of alkyl halides is 3. The van der Waals surface area contributed by atoms with E-state index in [9.17, 15) is 23.1 Å². The molecule has 2 heterocycles. The minimum absolute atomic E-state index is 0.0688. The molecule has 0 spiro atoms. The van der Waals surface area contributed by atoms with Crippen molar-refractivity contribution in [3.63, 3.8) is 0 Å². The average molecular weight is 486 g/mol. The van der Waals surface area contributed by atoms with Crippen molar-refractivity contribution in [2.45, 2.75) is 12.7 Å². The van der Waals surface area contributed by atoms with Crippen molar-refractivity contribution in [3.05, 3.63) is 76.1 Å². The van der Waals surface area contributed by atoms with Crippen LogP contribution in [0, 0.1) is 0 Å². The molecule has 6 nitrogen and oxygen atoms in total. The third kappa shape index (κ3) is 4.56. The molecule has 5 rings (SSSR count). The van der Waals surface area contributed by atoms with Gasteiger partial charge in [-0.2, -0.15) is 13.2 Å². The van der Waals surface area contributed by atoms with Crippen LogP contribution < -0.4 is 20.0 Å². The van der Waals surface area contributed by atoms with E-state index in [1.54, 1.807) is 24.3 Å². The second kappa shape index (κ2) is 8.90. The molecule has 9 heteroatoms. The van der Waals surface area contributed by atoms with Crippen LogP contribution in [0.5, 0.6) is 17.2 Å². The molecular formula is C26H25F3N2O4+2. The first-order chi connectivity index (χ1) is 16.7. The number of benzene rings is 3. The first kappa shape index (κ1) is 23.2. The van der Waals surface area contributed by atoms with Crippen molar-refractivity contribution in [2.24, 2.45) is 0 Å². The molecule has 3 N–H and O–H groups in total. The van der Waals surface area contributed by atoms with Crippen molar-refractivity contribution in [1.29, 1.82) is 0 Å². The number of likely N-dealkylation sites (N-methyl/N-ethyl adjacent to an activating group) is 1. The first-order valence-electron chi connectivity index (χ1n) is 11.4. The molecule has 0 atom stereocenters. The summed E-state index contributed by atoms with van der Waals surface area (Å²) in [5.41, 5.74) is -1.00. The van der Waals surface area contributed by atoms with Gasteiger partial charge < -0.3 is 24.1 Å². The standard InChI is InChI=1S/C26H23F3N2O4/c1-30-10-12-31(13-11-30)15-20-21(32)9-8-19-22(33)24(25(26(27,28)29)35-23(19)20)34-18-7-6-16-4-2-3-5-17(16)14-18/h2-9,14,32H,10-13,15H2,1H3/p+2. The lowest BCUT2D eigenvalue weighted by atomic mass is 10.1. The largest absolute Gasteiger partial charge is 0.507 e. The predicted molar refractivity (Wildman–Crippen MR) is 124 cm³/mol. The molecule has 0 radical (unpaired) electrons. The Kier molecular flexibility index (Phi) is 5.90. The highest BCUT2D eigenvalue weighted by Gasteiger charge is 2.41. The van der Waals surface area contributed by atoms with Gasteiger partial charge in [0.25, 0.3) is 5.76 Å². The van der Waals surface area contributed by atoms with Crippen LogP contribution in [0.25, 0.3) is 21.7 Å².